The molecule has 0 bridgehead atoms. The third-order valence-corrected chi connectivity index (χ3v) is 5.08. The molecule has 4 rings (SSSR count). The zero-order chi connectivity index (χ0) is 22.9. The number of aromatic nitrogens is 3. The van der Waals surface area contributed by atoms with E-state index in [9.17, 15) is 0 Å². The maximum absolute atomic E-state index is 5.83. The number of ether oxygens (including phenoxy) is 3. The van der Waals surface area contributed by atoms with Crippen LogP contribution in [0.5, 0.6) is 5.75 Å². The van der Waals surface area contributed by atoms with E-state index in [1.807, 2.05) is 36.5 Å². The number of hydrogen-bond donors (Lipinski definition) is 4. The summed E-state index contributed by atoms with van der Waals surface area (Å²) in [6, 6.07) is 9.87. The molecule has 10 nitrogen and oxygen atoms in total. The van der Waals surface area contributed by atoms with Gasteiger partial charge in [0.05, 0.1) is 31.7 Å². The van der Waals surface area contributed by atoms with Gasteiger partial charge in [-0.2, -0.15) is 0 Å². The molecule has 174 valence electrons. The van der Waals surface area contributed by atoms with Gasteiger partial charge in [-0.15, -0.1) is 0 Å². The maximum atomic E-state index is 5.83. The van der Waals surface area contributed by atoms with Gasteiger partial charge in [-0.25, -0.2) is 15.0 Å². The van der Waals surface area contributed by atoms with E-state index in [4.69, 9.17) is 19.9 Å². The summed E-state index contributed by atoms with van der Waals surface area (Å²) in [7, 11) is 1.65. The van der Waals surface area contributed by atoms with E-state index in [0.29, 0.717) is 43.8 Å². The second kappa shape index (κ2) is 11.4. The Labute approximate surface area is 192 Å². The van der Waals surface area contributed by atoms with E-state index < -0.39 is 0 Å². The zero-order valence-corrected chi connectivity index (χ0v) is 18.6. The van der Waals surface area contributed by atoms with Crippen molar-refractivity contribution in [3.63, 3.8) is 0 Å². The summed E-state index contributed by atoms with van der Waals surface area (Å²) >= 11 is 0. The molecule has 3 heterocycles. The van der Waals surface area contributed by atoms with Gasteiger partial charge in [-0.1, -0.05) is 12.1 Å². The van der Waals surface area contributed by atoms with Crippen LogP contribution >= 0.6 is 0 Å². The summed E-state index contributed by atoms with van der Waals surface area (Å²) in [5, 5.41) is 10.0. The molecule has 1 aliphatic heterocycles. The van der Waals surface area contributed by atoms with Crippen molar-refractivity contribution >= 4 is 23.1 Å². The Hall–Kier alpha value is -3.47. The normalized spacial score (nSPS) is 15.7. The van der Waals surface area contributed by atoms with Gasteiger partial charge in [-0.3, -0.25) is 0 Å². The van der Waals surface area contributed by atoms with Crippen LogP contribution in [0.25, 0.3) is 11.1 Å². The monoisotopic (exact) mass is 451 g/mol. The first-order valence-corrected chi connectivity index (χ1v) is 10.8. The van der Waals surface area contributed by atoms with Crippen LogP contribution in [-0.4, -0.2) is 67.6 Å². The minimum Gasteiger partial charge on any atom is -0.491 e. The molecule has 1 aliphatic rings. The number of hydrogen-bond acceptors (Lipinski definition) is 10. The molecule has 0 aliphatic carbocycles. The Morgan fingerprint density at radius 2 is 1.94 bits per heavy atom. The first kappa shape index (κ1) is 22.7. The van der Waals surface area contributed by atoms with Crippen LogP contribution in [-0.2, 0) is 9.47 Å². The van der Waals surface area contributed by atoms with E-state index >= 15 is 0 Å². The fourth-order valence-corrected chi connectivity index (χ4v) is 3.38. The largest absolute Gasteiger partial charge is 0.491 e. The maximum Gasteiger partial charge on any atom is 0.150 e. The molecular formula is C23H29N7O3. The molecule has 0 spiro atoms. The predicted octanol–water partition coefficient (Wildman–Crippen LogP) is 2.29. The Balaban J connectivity index is 1.54. The molecule has 0 amide bonds. The average Bonchev–Trinajstić information content (AvgIpc) is 2.86. The van der Waals surface area contributed by atoms with Gasteiger partial charge in [-0.05, 0) is 17.7 Å². The number of morpholine rings is 1. The van der Waals surface area contributed by atoms with E-state index in [1.165, 1.54) is 6.20 Å². The van der Waals surface area contributed by atoms with Crippen molar-refractivity contribution in [2.45, 2.75) is 6.10 Å². The van der Waals surface area contributed by atoms with Gasteiger partial charge in [0.15, 0.2) is 0 Å². The summed E-state index contributed by atoms with van der Waals surface area (Å²) in [6.45, 7) is 4.13. The van der Waals surface area contributed by atoms with Crippen molar-refractivity contribution < 1.29 is 14.2 Å². The molecule has 2 aromatic heterocycles. The molecule has 33 heavy (non-hydrogen) atoms. The van der Waals surface area contributed by atoms with Gasteiger partial charge < -0.3 is 35.9 Å². The van der Waals surface area contributed by atoms with E-state index in [-0.39, 0.29) is 6.10 Å². The standard InChI is InChI=1S/C23H29N7O3/c1-31-8-9-33-17-4-2-16(3-5-17)19-13-28-22(30-23-15-27-21(24)14-29-23)10-20(19)26-12-18-11-25-6-7-32-18/h2-5,10,13-15,18,25H,6-9,11-12H2,1H3,(H2,24,27)(H2,26,28,29,30)/t18-/m0/s1. The van der Waals surface area contributed by atoms with Crippen LogP contribution in [0.15, 0.2) is 48.9 Å². The lowest BCUT2D eigenvalue weighted by Crippen LogP contribution is -2.42. The van der Waals surface area contributed by atoms with E-state index in [2.05, 4.69) is 30.9 Å². The lowest BCUT2D eigenvalue weighted by Gasteiger charge is -2.25. The molecule has 1 atom stereocenters. The number of nitrogen functional groups attached to an aromatic ring is 1. The molecule has 5 N–H and O–H groups in total. The van der Waals surface area contributed by atoms with Crippen LogP contribution in [0.2, 0.25) is 0 Å². The highest BCUT2D eigenvalue weighted by molar-refractivity contribution is 5.80. The van der Waals surface area contributed by atoms with Crippen molar-refractivity contribution in [1.29, 1.82) is 0 Å². The highest BCUT2D eigenvalue weighted by atomic mass is 16.5. The molecule has 0 saturated carbocycles. The van der Waals surface area contributed by atoms with Gasteiger partial charge in [0.2, 0.25) is 0 Å². The van der Waals surface area contributed by atoms with Crippen LogP contribution in [0.1, 0.15) is 0 Å². The Morgan fingerprint density at radius 1 is 1.09 bits per heavy atom. The smallest absolute Gasteiger partial charge is 0.150 e. The molecular weight excluding hydrogens is 422 g/mol. The number of nitrogens with two attached hydrogens (primary N) is 1. The Kier molecular flexibility index (Phi) is 7.85. The fraction of sp³-hybridized carbons (Fsp3) is 0.348. The molecule has 10 heteroatoms. The van der Waals surface area contributed by atoms with Crippen molar-refractivity contribution in [3.05, 3.63) is 48.9 Å². The zero-order valence-electron chi connectivity index (χ0n) is 18.6. The van der Waals surface area contributed by atoms with Crippen molar-refractivity contribution in [2.24, 2.45) is 0 Å². The van der Waals surface area contributed by atoms with Crippen molar-refractivity contribution in [2.75, 3.05) is 62.9 Å². The molecule has 1 aromatic carbocycles. The number of benzene rings is 1. The summed E-state index contributed by atoms with van der Waals surface area (Å²) in [6.07, 6.45) is 4.99. The first-order valence-electron chi connectivity index (χ1n) is 10.8. The highest BCUT2D eigenvalue weighted by Gasteiger charge is 2.15. The summed E-state index contributed by atoms with van der Waals surface area (Å²) in [5.41, 5.74) is 8.54. The fourth-order valence-electron chi connectivity index (χ4n) is 3.38. The molecule has 1 saturated heterocycles. The molecule has 0 radical (unpaired) electrons. The average molecular weight is 452 g/mol. The topological polar surface area (TPSA) is 128 Å². The van der Waals surface area contributed by atoms with Gasteiger partial charge in [0.25, 0.3) is 0 Å². The summed E-state index contributed by atoms with van der Waals surface area (Å²) < 4.78 is 16.5. The number of rotatable bonds is 10. The van der Waals surface area contributed by atoms with Gasteiger partial charge in [0, 0.05) is 50.3 Å². The lowest BCUT2D eigenvalue weighted by molar-refractivity contribution is 0.0372. The van der Waals surface area contributed by atoms with Gasteiger partial charge in [0.1, 0.15) is 29.8 Å². The number of nitrogens with one attached hydrogen (secondary N) is 3. The highest BCUT2D eigenvalue weighted by Crippen LogP contribution is 2.31. The van der Waals surface area contributed by atoms with Crippen molar-refractivity contribution in [1.82, 2.24) is 20.3 Å². The number of pyridine rings is 1. The van der Waals surface area contributed by atoms with Crippen LogP contribution < -0.4 is 26.4 Å². The van der Waals surface area contributed by atoms with Crippen LogP contribution in [0, 0.1) is 0 Å². The minimum absolute atomic E-state index is 0.0932. The lowest BCUT2D eigenvalue weighted by atomic mass is 10.1. The molecule has 1 fully saturated rings. The minimum atomic E-state index is 0.0932. The Bertz CT molecular complexity index is 1010. The number of nitrogens with zero attached hydrogens (tertiary/aromatic N) is 3. The second-order valence-electron chi connectivity index (χ2n) is 7.51. The summed E-state index contributed by atoms with van der Waals surface area (Å²) in [4.78, 5) is 12.9. The summed E-state index contributed by atoms with van der Waals surface area (Å²) in [5.74, 6) is 2.36. The number of anilines is 4. The van der Waals surface area contributed by atoms with Crippen LogP contribution in [0.3, 0.4) is 0 Å². The SMILES string of the molecule is COCCOc1ccc(-c2cnc(Nc3cnc(N)cn3)cc2NC[C@@H]2CNCCO2)cc1. The Morgan fingerprint density at radius 3 is 2.67 bits per heavy atom. The predicted molar refractivity (Wildman–Crippen MR) is 128 cm³/mol. The third kappa shape index (κ3) is 6.51. The first-order chi connectivity index (χ1) is 16.2. The van der Waals surface area contributed by atoms with Gasteiger partial charge >= 0.3 is 0 Å². The third-order valence-electron chi connectivity index (χ3n) is 5.08. The molecule has 0 unspecified atom stereocenters. The quantitative estimate of drug-likeness (QED) is 0.341. The molecule has 3 aromatic rings. The van der Waals surface area contributed by atoms with E-state index in [0.717, 1.165) is 35.7 Å². The second-order valence-corrected chi connectivity index (χ2v) is 7.51. The number of methoxy groups -OCH3 is 1. The van der Waals surface area contributed by atoms with Crippen LogP contribution in [0.4, 0.5) is 23.1 Å². The van der Waals surface area contributed by atoms with E-state index in [1.54, 1.807) is 13.3 Å². The van der Waals surface area contributed by atoms with Crippen molar-refractivity contribution in [3.8, 4) is 16.9 Å².